The van der Waals surface area contributed by atoms with Crippen LogP contribution in [0.3, 0.4) is 0 Å². The zero-order valence-electron chi connectivity index (χ0n) is 25.6. The molecule has 2 aromatic carbocycles. The van der Waals surface area contributed by atoms with Crippen molar-refractivity contribution in [2.24, 2.45) is 0 Å². The molecule has 8 nitrogen and oxygen atoms in total. The van der Waals surface area contributed by atoms with Crippen LogP contribution >= 0.6 is 0 Å². The molecule has 3 amide bonds. The van der Waals surface area contributed by atoms with Crippen molar-refractivity contribution < 1.29 is 24.2 Å². The molecule has 0 bridgehead atoms. The summed E-state index contributed by atoms with van der Waals surface area (Å²) in [7, 11) is 0. The van der Waals surface area contributed by atoms with Crippen molar-refractivity contribution in [1.82, 2.24) is 15.5 Å². The molecule has 8 heteroatoms. The highest BCUT2D eigenvalue weighted by molar-refractivity contribution is 5.93. The fourth-order valence-electron chi connectivity index (χ4n) is 5.35. The second-order valence-corrected chi connectivity index (χ2v) is 13.1. The Morgan fingerprint density at radius 3 is 2.12 bits per heavy atom. The lowest BCUT2D eigenvalue weighted by atomic mass is 9.91. The van der Waals surface area contributed by atoms with Crippen molar-refractivity contribution in [3.05, 3.63) is 65.2 Å². The topological polar surface area (TPSA) is 108 Å². The maximum Gasteiger partial charge on any atom is 0.408 e. The average molecular weight is 566 g/mol. The van der Waals surface area contributed by atoms with Crippen LogP contribution in [0.4, 0.5) is 4.79 Å². The van der Waals surface area contributed by atoms with Crippen molar-refractivity contribution in [1.29, 1.82) is 0 Å². The number of nitrogens with zero attached hydrogens (tertiary/aromatic N) is 1. The van der Waals surface area contributed by atoms with E-state index in [1.165, 1.54) is 0 Å². The van der Waals surface area contributed by atoms with Crippen LogP contribution in [0.1, 0.15) is 96.4 Å². The molecular formula is C33H47N3O5. The van der Waals surface area contributed by atoms with Gasteiger partial charge in [-0.15, -0.1) is 0 Å². The van der Waals surface area contributed by atoms with Crippen LogP contribution in [0, 0.1) is 6.92 Å². The first kappa shape index (κ1) is 32.0. The molecule has 0 heterocycles. The molecule has 41 heavy (non-hydrogen) atoms. The number of carbonyl (C=O) groups is 3. The Morgan fingerprint density at radius 2 is 1.56 bits per heavy atom. The molecule has 3 rings (SSSR count). The lowest BCUT2D eigenvalue weighted by molar-refractivity contribution is -0.148. The highest BCUT2D eigenvalue weighted by atomic mass is 16.6. The number of aryl methyl sites for hydroxylation is 1. The number of phenols is 1. The standard InChI is InChI=1S/C33H47N3O5/c1-22-13-11-12-16-26(22)28(29(38)34-24-14-9-8-10-15-24)36(32(2,3)4)30(39)27(35-31(40)41-33(5,6)7)21-23-17-19-25(37)20-18-23/h11-13,16-20,24,27-28,37H,8-10,14-15,21H2,1-7H3,(H,34,38)(H,35,40). The summed E-state index contributed by atoms with van der Waals surface area (Å²) in [6.45, 7) is 12.9. The minimum Gasteiger partial charge on any atom is -0.508 e. The largest absolute Gasteiger partial charge is 0.508 e. The van der Waals surface area contributed by atoms with E-state index in [9.17, 15) is 19.5 Å². The Hall–Kier alpha value is -3.55. The van der Waals surface area contributed by atoms with E-state index in [0.29, 0.717) is 0 Å². The monoisotopic (exact) mass is 565 g/mol. The van der Waals surface area contributed by atoms with Crippen molar-refractivity contribution in [2.75, 3.05) is 0 Å². The smallest absolute Gasteiger partial charge is 0.408 e. The summed E-state index contributed by atoms with van der Waals surface area (Å²) < 4.78 is 5.51. The Bertz CT molecular complexity index is 1190. The van der Waals surface area contributed by atoms with E-state index in [1.54, 1.807) is 49.9 Å². The molecule has 1 aliphatic rings. The molecule has 1 saturated carbocycles. The van der Waals surface area contributed by atoms with Gasteiger partial charge < -0.3 is 25.4 Å². The molecule has 1 fully saturated rings. The highest BCUT2D eigenvalue weighted by Gasteiger charge is 2.42. The Kier molecular flexibility index (Phi) is 10.5. The number of ether oxygens (including phenoxy) is 1. The fraction of sp³-hybridized carbons (Fsp3) is 0.545. The lowest BCUT2D eigenvalue weighted by Gasteiger charge is -2.44. The summed E-state index contributed by atoms with van der Waals surface area (Å²) in [6, 6.07) is 12.3. The number of hydrogen-bond acceptors (Lipinski definition) is 5. The van der Waals surface area contributed by atoms with E-state index in [4.69, 9.17) is 4.74 Å². The molecule has 2 atom stereocenters. The van der Waals surface area contributed by atoms with E-state index in [-0.39, 0.29) is 24.1 Å². The summed E-state index contributed by atoms with van der Waals surface area (Å²) in [4.78, 5) is 43.3. The quantitative estimate of drug-likeness (QED) is 0.366. The number of benzene rings is 2. The van der Waals surface area contributed by atoms with E-state index in [0.717, 1.165) is 48.8 Å². The van der Waals surface area contributed by atoms with Gasteiger partial charge in [0.05, 0.1) is 0 Å². The predicted octanol–water partition coefficient (Wildman–Crippen LogP) is 5.95. The van der Waals surface area contributed by atoms with Gasteiger partial charge in [-0.25, -0.2) is 4.79 Å². The van der Waals surface area contributed by atoms with Gasteiger partial charge in [0, 0.05) is 18.0 Å². The van der Waals surface area contributed by atoms with E-state index in [1.807, 2.05) is 52.0 Å². The number of phenolic OH excluding ortho intramolecular Hbond substituents is 1. The summed E-state index contributed by atoms with van der Waals surface area (Å²) in [5.41, 5.74) is 0.837. The number of aromatic hydroxyl groups is 1. The van der Waals surface area contributed by atoms with Gasteiger partial charge in [-0.1, -0.05) is 55.7 Å². The van der Waals surface area contributed by atoms with Crippen molar-refractivity contribution in [3.63, 3.8) is 0 Å². The zero-order valence-corrected chi connectivity index (χ0v) is 25.6. The molecule has 0 spiro atoms. The first-order chi connectivity index (χ1) is 19.2. The Morgan fingerprint density at radius 1 is 0.951 bits per heavy atom. The van der Waals surface area contributed by atoms with Gasteiger partial charge in [-0.3, -0.25) is 9.59 Å². The number of alkyl carbamates (subject to hydrolysis) is 1. The van der Waals surface area contributed by atoms with Gasteiger partial charge in [0.1, 0.15) is 23.4 Å². The van der Waals surface area contributed by atoms with Crippen LogP contribution in [0.15, 0.2) is 48.5 Å². The van der Waals surface area contributed by atoms with Crippen molar-refractivity contribution >= 4 is 17.9 Å². The molecule has 0 aliphatic heterocycles. The number of amides is 3. The molecule has 2 aromatic rings. The normalized spacial score (nSPS) is 15.9. The molecule has 2 unspecified atom stereocenters. The fourth-order valence-corrected chi connectivity index (χ4v) is 5.35. The van der Waals surface area contributed by atoms with Gasteiger partial charge in [0.15, 0.2) is 0 Å². The van der Waals surface area contributed by atoms with Gasteiger partial charge in [-0.05, 0) is 90.1 Å². The second-order valence-electron chi connectivity index (χ2n) is 13.1. The van der Waals surface area contributed by atoms with E-state index < -0.39 is 35.2 Å². The van der Waals surface area contributed by atoms with Crippen LogP contribution in [0.25, 0.3) is 0 Å². The maximum atomic E-state index is 14.6. The van der Waals surface area contributed by atoms with Crippen LogP contribution in [0.5, 0.6) is 5.75 Å². The van der Waals surface area contributed by atoms with E-state index in [2.05, 4.69) is 10.6 Å². The van der Waals surface area contributed by atoms with Gasteiger partial charge >= 0.3 is 6.09 Å². The Balaban J connectivity index is 2.06. The maximum absolute atomic E-state index is 14.6. The first-order valence-corrected chi connectivity index (χ1v) is 14.6. The molecule has 1 aliphatic carbocycles. The molecule has 0 radical (unpaired) electrons. The minimum atomic E-state index is -1.03. The lowest BCUT2D eigenvalue weighted by Crippen LogP contribution is -2.59. The third kappa shape index (κ3) is 9.23. The average Bonchev–Trinajstić information content (AvgIpc) is 2.87. The zero-order chi connectivity index (χ0) is 30.4. The van der Waals surface area contributed by atoms with Crippen LogP contribution < -0.4 is 10.6 Å². The molecule has 3 N–H and O–H groups in total. The predicted molar refractivity (Wildman–Crippen MR) is 161 cm³/mol. The summed E-state index contributed by atoms with van der Waals surface area (Å²) >= 11 is 0. The number of hydrogen-bond donors (Lipinski definition) is 3. The van der Waals surface area contributed by atoms with Gasteiger partial charge in [0.25, 0.3) is 0 Å². The minimum absolute atomic E-state index is 0.0624. The van der Waals surface area contributed by atoms with Gasteiger partial charge in [-0.2, -0.15) is 0 Å². The van der Waals surface area contributed by atoms with Crippen molar-refractivity contribution in [3.8, 4) is 5.75 Å². The van der Waals surface area contributed by atoms with Gasteiger partial charge in [0.2, 0.25) is 11.8 Å². The summed E-state index contributed by atoms with van der Waals surface area (Å²) in [6.07, 6.45) is 4.55. The van der Waals surface area contributed by atoms with Crippen molar-refractivity contribution in [2.45, 2.75) is 116 Å². The first-order valence-electron chi connectivity index (χ1n) is 14.6. The Labute approximate surface area is 244 Å². The SMILES string of the molecule is Cc1ccccc1C(C(=O)NC1CCCCC1)N(C(=O)C(Cc1ccc(O)cc1)NC(=O)OC(C)(C)C)C(C)(C)C. The van der Waals surface area contributed by atoms with Crippen LogP contribution in [-0.4, -0.2) is 51.1 Å². The molecule has 0 saturated heterocycles. The van der Waals surface area contributed by atoms with Crippen LogP contribution in [-0.2, 0) is 20.7 Å². The molecule has 224 valence electrons. The van der Waals surface area contributed by atoms with E-state index >= 15 is 0 Å². The third-order valence-corrected chi connectivity index (χ3v) is 7.27. The molecule has 0 aromatic heterocycles. The van der Waals surface area contributed by atoms with Crippen LogP contribution in [0.2, 0.25) is 0 Å². The summed E-state index contributed by atoms with van der Waals surface area (Å²) in [5.74, 6) is -0.523. The third-order valence-electron chi connectivity index (χ3n) is 7.27. The highest BCUT2D eigenvalue weighted by Crippen LogP contribution is 2.33. The molecular weight excluding hydrogens is 518 g/mol. The number of nitrogens with one attached hydrogen (secondary N) is 2. The second kappa shape index (κ2) is 13.4. The summed E-state index contributed by atoms with van der Waals surface area (Å²) in [5, 5.41) is 15.8. The number of rotatable bonds is 8. The number of carbonyl (C=O) groups excluding carboxylic acids is 3.